The number of fused-ring (bicyclic) bond motifs is 1. The van der Waals surface area contributed by atoms with E-state index < -0.39 is 5.60 Å². The van der Waals surface area contributed by atoms with Crippen LogP contribution in [-0.4, -0.2) is 111 Å². The molecular weight excluding hydrogens is 763 g/mol. The van der Waals surface area contributed by atoms with Gasteiger partial charge in [0, 0.05) is 81.0 Å². The van der Waals surface area contributed by atoms with E-state index in [1.54, 1.807) is 36.4 Å². The summed E-state index contributed by atoms with van der Waals surface area (Å²) in [6.45, 7) is 8.14. The Balaban J connectivity index is 0.997. The molecule has 3 N–H and O–H groups in total. The Kier molecular flexibility index (Phi) is 15.5. The van der Waals surface area contributed by atoms with Crippen LogP contribution in [0.15, 0.2) is 84.1 Å². The van der Waals surface area contributed by atoms with Crippen molar-refractivity contribution in [3.8, 4) is 0 Å². The van der Waals surface area contributed by atoms with Gasteiger partial charge in [0.05, 0.1) is 48.3 Å². The largest absolute Gasteiger partial charge is 0.388 e. The quantitative estimate of drug-likeness (QED) is 0.0729. The van der Waals surface area contributed by atoms with Crippen LogP contribution in [0, 0.1) is 5.92 Å². The molecule has 0 saturated carbocycles. The summed E-state index contributed by atoms with van der Waals surface area (Å²) in [5, 5.41) is 17.7. The molecule has 2 aromatic heterocycles. The van der Waals surface area contributed by atoms with Gasteiger partial charge in [-0.3, -0.25) is 38.4 Å². The summed E-state index contributed by atoms with van der Waals surface area (Å²) in [4.78, 5) is 77.9. The number of carbonyl (C=O) groups excluding carboxylic acids is 4. The number of pyridine rings is 1. The van der Waals surface area contributed by atoms with Gasteiger partial charge in [0.25, 0.3) is 5.56 Å². The Bertz CT molecular complexity index is 2170. The van der Waals surface area contributed by atoms with E-state index in [-0.39, 0.29) is 47.6 Å². The minimum absolute atomic E-state index is 0.0238. The molecule has 2 aromatic carbocycles. The molecule has 0 aliphatic carbocycles. The second-order valence-electron chi connectivity index (χ2n) is 16.2. The van der Waals surface area contributed by atoms with Gasteiger partial charge in [0.2, 0.25) is 17.7 Å². The van der Waals surface area contributed by atoms with Gasteiger partial charge >= 0.3 is 0 Å². The van der Waals surface area contributed by atoms with Crippen LogP contribution >= 0.6 is 0 Å². The Hall–Kier alpha value is -5.57. The molecule has 0 radical (unpaired) electrons. The molecule has 4 heterocycles. The smallest absolute Gasteiger partial charge is 0.261 e. The third kappa shape index (κ3) is 12.7. The molecule has 2 aliphatic heterocycles. The zero-order valence-electron chi connectivity index (χ0n) is 34.7. The van der Waals surface area contributed by atoms with Crippen LogP contribution < -0.4 is 16.2 Å². The number of hydrogen-bond donors (Lipinski definition) is 3. The molecule has 2 saturated heterocycles. The number of carbonyl (C=O) groups is 4. The first-order chi connectivity index (χ1) is 28.9. The highest BCUT2D eigenvalue weighted by Gasteiger charge is 2.36. The Morgan fingerprint density at radius 2 is 1.70 bits per heavy atom. The summed E-state index contributed by atoms with van der Waals surface area (Å²) >= 11 is 0. The molecule has 2 fully saturated rings. The van der Waals surface area contributed by atoms with Gasteiger partial charge in [-0.2, -0.15) is 0 Å². The summed E-state index contributed by atoms with van der Waals surface area (Å²) in [5.41, 5.74) is 1.67. The molecule has 318 valence electrons. The number of Topliss-reactive ketones (excluding diaryl/α,β-unsaturated/α-hetero) is 1. The van der Waals surface area contributed by atoms with Crippen LogP contribution in [0.25, 0.3) is 17.0 Å². The van der Waals surface area contributed by atoms with Gasteiger partial charge in [0.15, 0.2) is 5.78 Å². The number of rotatable bonds is 18. The summed E-state index contributed by atoms with van der Waals surface area (Å²) in [5.74, 6) is -0.615. The number of likely N-dealkylation sites (tertiary alicyclic amines) is 1. The summed E-state index contributed by atoms with van der Waals surface area (Å²) in [6, 6.07) is 18.4. The number of hydrogen-bond acceptors (Lipinski definition) is 10. The molecule has 2 aliphatic rings. The number of aliphatic hydroxyl groups is 1. The number of nitrogens with zero attached hydrogens (tertiary/aromatic N) is 5. The van der Waals surface area contributed by atoms with Gasteiger partial charge in [-0.1, -0.05) is 36.8 Å². The fourth-order valence-corrected chi connectivity index (χ4v) is 7.73. The number of amides is 3. The normalized spacial score (nSPS) is 16.2. The van der Waals surface area contributed by atoms with E-state index in [1.807, 2.05) is 49.1 Å². The maximum absolute atomic E-state index is 14.0. The van der Waals surface area contributed by atoms with Crippen LogP contribution in [0.1, 0.15) is 80.4 Å². The molecule has 0 spiro atoms. The average molecular weight is 820 g/mol. The Morgan fingerprint density at radius 1 is 0.933 bits per heavy atom. The third-order valence-electron chi connectivity index (χ3n) is 11.2. The number of benzene rings is 2. The molecule has 6 rings (SSSR count). The highest BCUT2D eigenvalue weighted by atomic mass is 16.5. The molecule has 3 amide bonds. The van der Waals surface area contributed by atoms with Gasteiger partial charge in [-0.25, -0.2) is 4.98 Å². The number of morpholine rings is 1. The van der Waals surface area contributed by atoms with Gasteiger partial charge in [0.1, 0.15) is 0 Å². The number of ether oxygens (including phenoxy) is 1. The minimum Gasteiger partial charge on any atom is -0.388 e. The lowest BCUT2D eigenvalue weighted by atomic mass is 9.88. The predicted molar refractivity (Wildman–Crippen MR) is 230 cm³/mol. The van der Waals surface area contributed by atoms with Crippen LogP contribution in [0.2, 0.25) is 0 Å². The van der Waals surface area contributed by atoms with Crippen LogP contribution in [0.3, 0.4) is 0 Å². The fraction of sp³-hybridized carbons (Fsp3) is 0.457. The number of piperidine rings is 1. The second kappa shape index (κ2) is 21.1. The maximum Gasteiger partial charge on any atom is 0.261 e. The van der Waals surface area contributed by atoms with Crippen molar-refractivity contribution in [2.24, 2.45) is 5.92 Å². The molecule has 0 unspecified atom stereocenters. The van der Waals surface area contributed by atoms with Crippen molar-refractivity contribution < 1.29 is 29.0 Å². The molecule has 60 heavy (non-hydrogen) atoms. The molecule has 4 aromatic rings. The SMILES string of the molecule is CC(C)NC(=O)/C=C/c1ccc(C(=O)CCCC[C@@H](Cc2ccccc2)C(=O)N2CCC(O)(Cn3cnc4cc(NC(=O)CCN5CCOCC5)ccc4c3=O)CC2)cn1. The van der Waals surface area contributed by atoms with Gasteiger partial charge in [-0.05, 0) is 87.9 Å². The topological polar surface area (TPSA) is 176 Å². The van der Waals surface area contributed by atoms with E-state index in [9.17, 15) is 29.1 Å². The van der Waals surface area contributed by atoms with Crippen molar-refractivity contribution >= 4 is 46.2 Å². The third-order valence-corrected chi connectivity index (χ3v) is 11.2. The average Bonchev–Trinajstić information content (AvgIpc) is 3.25. The Labute approximate surface area is 351 Å². The van der Waals surface area contributed by atoms with Crippen molar-refractivity contribution in [2.45, 2.75) is 83.4 Å². The van der Waals surface area contributed by atoms with Crippen molar-refractivity contribution in [3.63, 3.8) is 0 Å². The van der Waals surface area contributed by atoms with E-state index in [2.05, 4.69) is 25.5 Å². The van der Waals surface area contributed by atoms with E-state index in [0.717, 1.165) is 18.7 Å². The molecule has 0 bridgehead atoms. The first-order valence-corrected chi connectivity index (χ1v) is 21.1. The van der Waals surface area contributed by atoms with Crippen LogP contribution in [0.5, 0.6) is 0 Å². The predicted octanol–water partition coefficient (Wildman–Crippen LogP) is 4.65. The zero-order valence-corrected chi connectivity index (χ0v) is 34.7. The number of ketones is 1. The van der Waals surface area contributed by atoms with E-state index in [1.165, 1.54) is 23.2 Å². The standard InChI is InChI=1S/C46H57N7O7/c1-33(2)49-42(55)17-15-37-13-12-36(30-47-37)41(54)11-7-6-10-35(28-34-8-4-3-5-9-34)44(57)52-22-19-46(59,20-23-52)31-53-32-48-40-29-38(14-16-39(40)45(53)58)50-43(56)18-21-51-24-26-60-27-25-51/h3-5,8-9,12-17,29-30,32-33,35,59H,6-7,10-11,18-28,31H2,1-2H3,(H,49,55)(H,50,56)/b17-15+/t35-/m0/s1. The first-order valence-electron chi connectivity index (χ1n) is 21.1. The number of aromatic nitrogens is 3. The zero-order chi connectivity index (χ0) is 42.5. The van der Waals surface area contributed by atoms with Crippen molar-refractivity contribution in [1.82, 2.24) is 29.7 Å². The number of anilines is 1. The Morgan fingerprint density at radius 3 is 2.42 bits per heavy atom. The molecule has 1 atom stereocenters. The first kappa shape index (κ1) is 44.0. The van der Waals surface area contributed by atoms with Gasteiger partial charge < -0.3 is 25.4 Å². The van der Waals surface area contributed by atoms with E-state index in [0.29, 0.717) is 112 Å². The highest BCUT2D eigenvalue weighted by Crippen LogP contribution is 2.28. The molecule has 14 heteroatoms. The van der Waals surface area contributed by atoms with E-state index in [4.69, 9.17) is 4.74 Å². The van der Waals surface area contributed by atoms with Gasteiger partial charge in [-0.15, -0.1) is 0 Å². The van der Waals surface area contributed by atoms with Crippen LogP contribution in [0.4, 0.5) is 5.69 Å². The molecule has 14 nitrogen and oxygen atoms in total. The van der Waals surface area contributed by atoms with Crippen molar-refractivity contribution in [3.05, 3.63) is 106 Å². The van der Waals surface area contributed by atoms with E-state index >= 15 is 0 Å². The summed E-state index contributed by atoms with van der Waals surface area (Å²) in [7, 11) is 0. The lowest BCUT2D eigenvalue weighted by Crippen LogP contribution is -2.51. The van der Waals surface area contributed by atoms with Crippen LogP contribution in [-0.2, 0) is 32.1 Å². The lowest BCUT2D eigenvalue weighted by molar-refractivity contribution is -0.140. The maximum atomic E-state index is 14.0. The summed E-state index contributed by atoms with van der Waals surface area (Å²) < 4.78 is 6.80. The monoisotopic (exact) mass is 819 g/mol. The summed E-state index contributed by atoms with van der Waals surface area (Å²) in [6.07, 6.45) is 9.77. The number of nitrogens with one attached hydrogen (secondary N) is 2. The number of unbranched alkanes of at least 4 members (excludes halogenated alkanes) is 1. The fourth-order valence-electron chi connectivity index (χ4n) is 7.73. The second-order valence-corrected chi connectivity index (χ2v) is 16.2. The highest BCUT2D eigenvalue weighted by molar-refractivity contribution is 5.96. The lowest BCUT2D eigenvalue weighted by Gasteiger charge is -2.39. The minimum atomic E-state index is -1.20. The molecular formula is C46H57N7O7. The van der Waals surface area contributed by atoms with Crippen molar-refractivity contribution in [1.29, 1.82) is 0 Å². The van der Waals surface area contributed by atoms with Crippen molar-refractivity contribution in [2.75, 3.05) is 51.3 Å².